The third-order valence-electron chi connectivity index (χ3n) is 2.08. The van der Waals surface area contributed by atoms with E-state index in [-0.39, 0.29) is 5.78 Å². The van der Waals surface area contributed by atoms with E-state index in [0.29, 0.717) is 13.0 Å². The molecule has 0 saturated heterocycles. The van der Waals surface area contributed by atoms with Gasteiger partial charge in [-0.05, 0) is 12.8 Å². The molecule has 0 radical (unpaired) electrons. The SMILES string of the molecule is COCc1nc2c(s1)C(=O)CCC2. The van der Waals surface area contributed by atoms with Gasteiger partial charge in [0.15, 0.2) is 5.78 Å². The Morgan fingerprint density at radius 3 is 3.08 bits per heavy atom. The van der Waals surface area contributed by atoms with E-state index in [0.717, 1.165) is 28.4 Å². The van der Waals surface area contributed by atoms with Gasteiger partial charge >= 0.3 is 0 Å². The van der Waals surface area contributed by atoms with Gasteiger partial charge in [-0.15, -0.1) is 11.3 Å². The zero-order valence-corrected chi connectivity index (χ0v) is 8.32. The maximum absolute atomic E-state index is 11.4. The van der Waals surface area contributed by atoms with Crippen molar-refractivity contribution in [2.24, 2.45) is 0 Å². The van der Waals surface area contributed by atoms with E-state index in [4.69, 9.17) is 4.74 Å². The van der Waals surface area contributed by atoms with Crippen molar-refractivity contribution in [2.75, 3.05) is 7.11 Å². The molecule has 0 bridgehead atoms. The summed E-state index contributed by atoms with van der Waals surface area (Å²) in [5.41, 5.74) is 0.980. The van der Waals surface area contributed by atoms with E-state index in [1.165, 1.54) is 11.3 Å². The number of aryl methyl sites for hydroxylation is 1. The number of fused-ring (bicyclic) bond motifs is 1. The number of nitrogens with zero attached hydrogens (tertiary/aromatic N) is 1. The number of hydrogen-bond donors (Lipinski definition) is 0. The van der Waals surface area contributed by atoms with Crippen LogP contribution in [0.4, 0.5) is 0 Å². The molecule has 1 aromatic heterocycles. The van der Waals surface area contributed by atoms with Gasteiger partial charge in [0, 0.05) is 13.5 Å². The van der Waals surface area contributed by atoms with Gasteiger partial charge in [-0.2, -0.15) is 0 Å². The van der Waals surface area contributed by atoms with Crippen LogP contribution in [0.1, 0.15) is 33.2 Å². The molecule has 0 unspecified atom stereocenters. The van der Waals surface area contributed by atoms with Crippen LogP contribution in [0.15, 0.2) is 0 Å². The Kier molecular flexibility index (Phi) is 2.42. The van der Waals surface area contributed by atoms with E-state index in [9.17, 15) is 4.79 Å². The van der Waals surface area contributed by atoms with Gasteiger partial charge < -0.3 is 4.74 Å². The molecular weight excluding hydrogens is 186 g/mol. The second kappa shape index (κ2) is 3.55. The predicted molar refractivity (Wildman–Crippen MR) is 50.1 cm³/mol. The number of Topliss-reactive ketones (excluding diaryl/α,β-unsaturated/α-hetero) is 1. The average Bonchev–Trinajstić information content (AvgIpc) is 2.49. The van der Waals surface area contributed by atoms with Crippen molar-refractivity contribution >= 4 is 17.1 Å². The topological polar surface area (TPSA) is 39.2 Å². The van der Waals surface area contributed by atoms with Crippen molar-refractivity contribution in [1.82, 2.24) is 4.98 Å². The number of ketones is 1. The highest BCUT2D eigenvalue weighted by molar-refractivity contribution is 7.13. The first kappa shape index (κ1) is 8.84. The molecule has 13 heavy (non-hydrogen) atoms. The number of rotatable bonds is 2. The van der Waals surface area contributed by atoms with Crippen molar-refractivity contribution in [2.45, 2.75) is 25.9 Å². The summed E-state index contributed by atoms with van der Waals surface area (Å²) in [5.74, 6) is 0.251. The summed E-state index contributed by atoms with van der Waals surface area (Å²) in [6.45, 7) is 0.519. The summed E-state index contributed by atoms with van der Waals surface area (Å²) < 4.78 is 4.98. The number of carbonyl (C=O) groups excluding carboxylic acids is 1. The van der Waals surface area contributed by atoms with Crippen LogP contribution in [0.2, 0.25) is 0 Å². The van der Waals surface area contributed by atoms with Crippen LogP contribution in [0.25, 0.3) is 0 Å². The first-order valence-electron chi connectivity index (χ1n) is 4.32. The Morgan fingerprint density at radius 1 is 1.54 bits per heavy atom. The lowest BCUT2D eigenvalue weighted by Crippen LogP contribution is -2.07. The highest BCUT2D eigenvalue weighted by Gasteiger charge is 2.21. The quantitative estimate of drug-likeness (QED) is 0.725. The predicted octanol–water partition coefficient (Wildman–Crippen LogP) is 1.81. The van der Waals surface area contributed by atoms with Crippen LogP contribution in [-0.2, 0) is 17.8 Å². The molecule has 4 heteroatoms. The molecule has 3 nitrogen and oxygen atoms in total. The largest absolute Gasteiger partial charge is 0.378 e. The van der Waals surface area contributed by atoms with E-state index >= 15 is 0 Å². The third-order valence-corrected chi connectivity index (χ3v) is 3.19. The van der Waals surface area contributed by atoms with Gasteiger partial charge in [0.2, 0.25) is 0 Å². The Bertz CT molecular complexity index is 332. The monoisotopic (exact) mass is 197 g/mol. The van der Waals surface area contributed by atoms with Crippen LogP contribution < -0.4 is 0 Å². The summed E-state index contributed by atoms with van der Waals surface area (Å²) in [6, 6.07) is 0. The smallest absolute Gasteiger partial charge is 0.174 e. The Hall–Kier alpha value is -0.740. The van der Waals surface area contributed by atoms with Crippen molar-refractivity contribution in [3.63, 3.8) is 0 Å². The van der Waals surface area contributed by atoms with E-state index in [1.807, 2.05) is 0 Å². The van der Waals surface area contributed by atoms with Crippen molar-refractivity contribution in [3.8, 4) is 0 Å². The molecule has 1 aliphatic carbocycles. The van der Waals surface area contributed by atoms with Crippen LogP contribution >= 0.6 is 11.3 Å². The normalized spacial score (nSPS) is 15.9. The number of thiazole rings is 1. The highest BCUT2D eigenvalue weighted by Crippen LogP contribution is 2.26. The van der Waals surface area contributed by atoms with Gasteiger partial charge in [0.25, 0.3) is 0 Å². The molecule has 1 aromatic rings. The number of methoxy groups -OCH3 is 1. The fourth-order valence-electron chi connectivity index (χ4n) is 1.50. The molecule has 0 fully saturated rings. The van der Waals surface area contributed by atoms with E-state index in [1.54, 1.807) is 7.11 Å². The van der Waals surface area contributed by atoms with Gasteiger partial charge in [-0.1, -0.05) is 0 Å². The van der Waals surface area contributed by atoms with Gasteiger partial charge in [0.1, 0.15) is 5.01 Å². The first-order valence-corrected chi connectivity index (χ1v) is 5.13. The van der Waals surface area contributed by atoms with Crippen LogP contribution in [0, 0.1) is 0 Å². The van der Waals surface area contributed by atoms with Crippen molar-refractivity contribution in [1.29, 1.82) is 0 Å². The second-order valence-corrected chi connectivity index (χ2v) is 4.18. The lowest BCUT2D eigenvalue weighted by molar-refractivity contribution is 0.0976. The molecule has 0 saturated carbocycles. The molecule has 0 aliphatic heterocycles. The molecular formula is C9H11NO2S. The number of hydrogen-bond acceptors (Lipinski definition) is 4. The fraction of sp³-hybridized carbons (Fsp3) is 0.556. The molecule has 70 valence electrons. The molecule has 1 aliphatic rings. The summed E-state index contributed by atoms with van der Waals surface area (Å²) in [4.78, 5) is 16.7. The minimum absolute atomic E-state index is 0.251. The Labute approximate surface area is 80.8 Å². The van der Waals surface area contributed by atoms with E-state index < -0.39 is 0 Å². The second-order valence-electron chi connectivity index (χ2n) is 3.09. The highest BCUT2D eigenvalue weighted by atomic mass is 32.1. The molecule has 0 atom stereocenters. The van der Waals surface area contributed by atoms with Gasteiger partial charge in [-0.3, -0.25) is 4.79 Å². The van der Waals surface area contributed by atoms with Gasteiger partial charge in [-0.25, -0.2) is 4.98 Å². The van der Waals surface area contributed by atoms with E-state index in [2.05, 4.69) is 4.98 Å². The summed E-state index contributed by atoms with van der Waals surface area (Å²) in [7, 11) is 1.64. The fourth-order valence-corrected chi connectivity index (χ4v) is 2.55. The zero-order chi connectivity index (χ0) is 9.26. The molecule has 0 amide bonds. The Morgan fingerprint density at radius 2 is 2.38 bits per heavy atom. The molecule has 2 rings (SSSR count). The summed E-state index contributed by atoms with van der Waals surface area (Å²) in [5, 5.41) is 0.919. The van der Waals surface area contributed by atoms with Crippen LogP contribution in [-0.4, -0.2) is 17.9 Å². The molecule has 1 heterocycles. The number of carbonyl (C=O) groups is 1. The Balaban J connectivity index is 2.31. The lowest BCUT2D eigenvalue weighted by atomic mass is 10.0. The summed E-state index contributed by atoms with van der Waals surface area (Å²) in [6.07, 6.45) is 2.57. The number of aromatic nitrogens is 1. The maximum Gasteiger partial charge on any atom is 0.174 e. The third kappa shape index (κ3) is 1.64. The minimum atomic E-state index is 0.251. The van der Waals surface area contributed by atoms with Crippen LogP contribution in [0.3, 0.4) is 0 Å². The standard InChI is InChI=1S/C9H11NO2S/c1-12-5-8-10-6-3-2-4-7(11)9(6)13-8/h2-5H2,1H3. The lowest BCUT2D eigenvalue weighted by Gasteiger charge is -2.06. The maximum atomic E-state index is 11.4. The number of ether oxygens (including phenoxy) is 1. The molecule has 0 aromatic carbocycles. The zero-order valence-electron chi connectivity index (χ0n) is 7.50. The minimum Gasteiger partial charge on any atom is -0.378 e. The molecule has 0 N–H and O–H groups in total. The van der Waals surface area contributed by atoms with Crippen molar-refractivity contribution < 1.29 is 9.53 Å². The van der Waals surface area contributed by atoms with Crippen LogP contribution in [0.5, 0.6) is 0 Å². The van der Waals surface area contributed by atoms with Gasteiger partial charge in [0.05, 0.1) is 17.2 Å². The average molecular weight is 197 g/mol. The summed E-state index contributed by atoms with van der Waals surface area (Å²) >= 11 is 1.48. The first-order chi connectivity index (χ1) is 6.31. The van der Waals surface area contributed by atoms with Crippen molar-refractivity contribution in [3.05, 3.63) is 15.6 Å². The molecule has 0 spiro atoms.